The Morgan fingerprint density at radius 1 is 1.03 bits per heavy atom. The standard InChI is InChI=1S/C28H34N4O4/c1-5-20-6-9-23(10-7-20)36-27-17-26(29-18-30-27)32-14-12-21(13-15-32)28(33)31-19(2)22-8-11-24(34-3)25(16-22)35-4/h6-11,16-19,21H,5,12-15H2,1-4H3,(H,31,33)/t19-/m1/s1. The number of carbonyl (C=O) groups is 1. The van der Waals surface area contributed by atoms with Crippen LogP contribution < -0.4 is 24.4 Å². The lowest BCUT2D eigenvalue weighted by molar-refractivity contribution is -0.126. The van der Waals surface area contributed by atoms with Crippen molar-refractivity contribution >= 4 is 11.7 Å². The van der Waals surface area contributed by atoms with E-state index in [1.807, 2.05) is 43.3 Å². The lowest BCUT2D eigenvalue weighted by Crippen LogP contribution is -2.41. The maximum atomic E-state index is 13.0. The van der Waals surface area contributed by atoms with Crippen LogP contribution in [0.1, 0.15) is 43.9 Å². The van der Waals surface area contributed by atoms with Crippen molar-refractivity contribution in [2.24, 2.45) is 5.92 Å². The Bertz CT molecular complexity index is 1160. The summed E-state index contributed by atoms with van der Waals surface area (Å²) < 4.78 is 16.6. The third-order valence-corrected chi connectivity index (χ3v) is 6.64. The molecule has 1 saturated heterocycles. The van der Waals surface area contributed by atoms with Crippen molar-refractivity contribution in [2.75, 3.05) is 32.2 Å². The van der Waals surface area contributed by atoms with Crippen LogP contribution in [0.2, 0.25) is 0 Å². The van der Waals surface area contributed by atoms with Crippen molar-refractivity contribution in [1.82, 2.24) is 15.3 Å². The van der Waals surface area contributed by atoms with Crippen molar-refractivity contribution < 1.29 is 19.0 Å². The highest BCUT2D eigenvalue weighted by atomic mass is 16.5. The van der Waals surface area contributed by atoms with E-state index in [1.54, 1.807) is 14.2 Å². The van der Waals surface area contributed by atoms with Crippen LogP contribution in [0.4, 0.5) is 5.82 Å². The van der Waals surface area contributed by atoms with Crippen LogP contribution in [0.5, 0.6) is 23.1 Å². The summed E-state index contributed by atoms with van der Waals surface area (Å²) in [7, 11) is 3.21. The van der Waals surface area contributed by atoms with Gasteiger partial charge >= 0.3 is 0 Å². The van der Waals surface area contributed by atoms with Crippen molar-refractivity contribution in [2.45, 2.75) is 39.2 Å². The first-order valence-electron chi connectivity index (χ1n) is 12.4. The number of aryl methyl sites for hydroxylation is 1. The second-order valence-electron chi connectivity index (χ2n) is 8.92. The topological polar surface area (TPSA) is 85.8 Å². The van der Waals surface area contributed by atoms with E-state index in [4.69, 9.17) is 14.2 Å². The van der Waals surface area contributed by atoms with Gasteiger partial charge in [-0.25, -0.2) is 9.97 Å². The molecule has 1 N–H and O–H groups in total. The molecule has 0 bridgehead atoms. The Morgan fingerprint density at radius 2 is 1.75 bits per heavy atom. The van der Waals surface area contributed by atoms with E-state index in [9.17, 15) is 4.79 Å². The number of rotatable bonds is 9. The van der Waals surface area contributed by atoms with Gasteiger partial charge in [0.1, 0.15) is 17.9 Å². The van der Waals surface area contributed by atoms with Crippen LogP contribution in [-0.4, -0.2) is 43.2 Å². The minimum Gasteiger partial charge on any atom is -0.493 e. The number of amides is 1. The van der Waals surface area contributed by atoms with E-state index in [0.717, 1.165) is 49.5 Å². The number of hydrogen-bond acceptors (Lipinski definition) is 7. The fourth-order valence-electron chi connectivity index (χ4n) is 4.38. The Kier molecular flexibility index (Phi) is 8.25. The summed E-state index contributed by atoms with van der Waals surface area (Å²) in [4.78, 5) is 23.8. The second kappa shape index (κ2) is 11.7. The van der Waals surface area contributed by atoms with Gasteiger partial charge in [0.25, 0.3) is 0 Å². The molecule has 1 aliphatic rings. The summed E-state index contributed by atoms with van der Waals surface area (Å²) in [5.41, 5.74) is 2.23. The van der Waals surface area contributed by atoms with Crippen LogP contribution in [0.25, 0.3) is 0 Å². The zero-order valence-electron chi connectivity index (χ0n) is 21.4. The molecular formula is C28H34N4O4. The quantitative estimate of drug-likeness (QED) is 0.455. The summed E-state index contributed by atoms with van der Waals surface area (Å²) in [6.07, 6.45) is 4.02. The first-order chi connectivity index (χ1) is 17.5. The van der Waals surface area contributed by atoms with Gasteiger partial charge in [-0.2, -0.15) is 0 Å². The predicted molar refractivity (Wildman–Crippen MR) is 139 cm³/mol. The van der Waals surface area contributed by atoms with Gasteiger partial charge in [0, 0.05) is 25.1 Å². The monoisotopic (exact) mass is 490 g/mol. The van der Waals surface area contributed by atoms with E-state index in [1.165, 1.54) is 11.9 Å². The second-order valence-corrected chi connectivity index (χ2v) is 8.92. The van der Waals surface area contributed by atoms with Crippen LogP contribution in [0, 0.1) is 5.92 Å². The fourth-order valence-corrected chi connectivity index (χ4v) is 4.38. The molecule has 8 heteroatoms. The summed E-state index contributed by atoms with van der Waals surface area (Å²) in [6, 6.07) is 15.4. The number of nitrogens with zero attached hydrogens (tertiary/aromatic N) is 3. The maximum Gasteiger partial charge on any atom is 0.224 e. The molecule has 4 rings (SSSR count). The van der Waals surface area contributed by atoms with Crippen LogP contribution >= 0.6 is 0 Å². The number of ether oxygens (including phenoxy) is 3. The predicted octanol–water partition coefficient (Wildman–Crippen LogP) is 4.94. The minimum absolute atomic E-state index is 0.0431. The minimum atomic E-state index is -0.136. The molecule has 2 heterocycles. The summed E-state index contributed by atoms with van der Waals surface area (Å²) >= 11 is 0. The van der Waals surface area contributed by atoms with Gasteiger partial charge in [-0.05, 0) is 61.6 Å². The molecule has 8 nitrogen and oxygen atoms in total. The maximum absolute atomic E-state index is 13.0. The molecule has 190 valence electrons. The molecule has 0 spiro atoms. The van der Waals surface area contributed by atoms with Gasteiger partial charge in [0.2, 0.25) is 11.8 Å². The number of methoxy groups -OCH3 is 2. The van der Waals surface area contributed by atoms with Crippen LogP contribution in [0.3, 0.4) is 0 Å². The molecule has 1 fully saturated rings. The summed E-state index contributed by atoms with van der Waals surface area (Å²) in [5.74, 6) is 3.40. The van der Waals surface area contributed by atoms with Crippen molar-refractivity contribution in [1.29, 1.82) is 0 Å². The number of anilines is 1. The smallest absolute Gasteiger partial charge is 0.224 e. The number of carbonyl (C=O) groups excluding carboxylic acids is 1. The third kappa shape index (κ3) is 6.05. The van der Waals surface area contributed by atoms with E-state index in [-0.39, 0.29) is 17.9 Å². The molecule has 0 unspecified atom stereocenters. The van der Waals surface area contributed by atoms with E-state index in [0.29, 0.717) is 17.4 Å². The number of aromatic nitrogens is 2. The van der Waals surface area contributed by atoms with Crippen molar-refractivity contribution in [3.05, 3.63) is 66.0 Å². The van der Waals surface area contributed by atoms with Gasteiger partial charge < -0.3 is 24.4 Å². The number of piperidine rings is 1. The number of hydrogen-bond donors (Lipinski definition) is 1. The van der Waals surface area contributed by atoms with E-state index < -0.39 is 0 Å². The first-order valence-corrected chi connectivity index (χ1v) is 12.4. The fraction of sp³-hybridized carbons (Fsp3) is 0.393. The lowest BCUT2D eigenvalue weighted by atomic mass is 9.95. The first kappa shape index (κ1) is 25.3. The average molecular weight is 491 g/mol. The Morgan fingerprint density at radius 3 is 2.42 bits per heavy atom. The van der Waals surface area contributed by atoms with Gasteiger partial charge in [0.15, 0.2) is 11.5 Å². The highest BCUT2D eigenvalue weighted by Crippen LogP contribution is 2.31. The van der Waals surface area contributed by atoms with E-state index in [2.05, 4.69) is 39.2 Å². The Balaban J connectivity index is 1.31. The highest BCUT2D eigenvalue weighted by molar-refractivity contribution is 5.79. The SMILES string of the molecule is CCc1ccc(Oc2cc(N3CCC(C(=O)N[C@H](C)c4ccc(OC)c(OC)c4)CC3)ncn2)cc1. The average Bonchev–Trinajstić information content (AvgIpc) is 2.93. The van der Waals surface area contributed by atoms with Gasteiger partial charge in [0.05, 0.1) is 20.3 Å². The van der Waals surface area contributed by atoms with Crippen LogP contribution in [0.15, 0.2) is 54.9 Å². The molecule has 1 aliphatic heterocycles. The largest absolute Gasteiger partial charge is 0.493 e. The van der Waals surface area contributed by atoms with Gasteiger partial charge in [-0.1, -0.05) is 25.1 Å². The molecular weight excluding hydrogens is 456 g/mol. The van der Waals surface area contributed by atoms with Crippen molar-refractivity contribution in [3.8, 4) is 23.1 Å². The Labute approximate surface area is 212 Å². The third-order valence-electron chi connectivity index (χ3n) is 6.64. The zero-order chi connectivity index (χ0) is 25.5. The molecule has 3 aromatic rings. The summed E-state index contributed by atoms with van der Waals surface area (Å²) in [6.45, 7) is 5.58. The molecule has 1 aromatic heterocycles. The van der Waals surface area contributed by atoms with Gasteiger partial charge in [-0.3, -0.25) is 4.79 Å². The number of benzene rings is 2. The summed E-state index contributed by atoms with van der Waals surface area (Å²) in [5, 5.41) is 3.15. The molecule has 1 atom stereocenters. The zero-order valence-corrected chi connectivity index (χ0v) is 21.4. The molecule has 0 aliphatic carbocycles. The van der Waals surface area contributed by atoms with Crippen molar-refractivity contribution in [3.63, 3.8) is 0 Å². The van der Waals surface area contributed by atoms with Gasteiger partial charge in [-0.15, -0.1) is 0 Å². The van der Waals surface area contributed by atoms with E-state index >= 15 is 0 Å². The molecule has 0 radical (unpaired) electrons. The molecule has 1 amide bonds. The molecule has 0 saturated carbocycles. The molecule has 2 aromatic carbocycles. The Hall–Kier alpha value is -3.81. The normalized spacial score (nSPS) is 14.7. The highest BCUT2D eigenvalue weighted by Gasteiger charge is 2.27. The lowest BCUT2D eigenvalue weighted by Gasteiger charge is -2.32. The number of nitrogens with one attached hydrogen (secondary N) is 1. The molecule has 36 heavy (non-hydrogen) atoms. The van der Waals surface area contributed by atoms with Crippen LogP contribution in [-0.2, 0) is 11.2 Å².